The van der Waals surface area contributed by atoms with Gasteiger partial charge in [-0.3, -0.25) is 4.79 Å². The first kappa shape index (κ1) is 26.0. The van der Waals surface area contributed by atoms with Gasteiger partial charge in [0.25, 0.3) is 0 Å². The van der Waals surface area contributed by atoms with Crippen molar-refractivity contribution < 1.29 is 9.53 Å². The summed E-state index contributed by atoms with van der Waals surface area (Å²) in [7, 11) is 0. The molecule has 0 unspecified atom stereocenters. The van der Waals surface area contributed by atoms with Gasteiger partial charge in [0, 0.05) is 6.92 Å². The Hall–Kier alpha value is -1.25. The lowest BCUT2D eigenvalue weighted by atomic mass is 9.68. The highest BCUT2D eigenvalue weighted by atomic mass is 16.5. The second kappa shape index (κ2) is 14.7. The molecule has 0 spiro atoms. The Morgan fingerprint density at radius 1 is 0.871 bits per heavy atom. The van der Waals surface area contributed by atoms with E-state index in [-0.39, 0.29) is 12.1 Å². The Bertz CT molecular complexity index is 519. The zero-order valence-electron chi connectivity index (χ0n) is 20.4. The maximum Gasteiger partial charge on any atom is 0.302 e. The fourth-order valence-electron chi connectivity index (χ4n) is 6.33. The molecule has 0 aromatic carbocycles. The zero-order valence-corrected chi connectivity index (χ0v) is 20.4. The lowest BCUT2D eigenvalue weighted by Crippen LogP contribution is -2.26. The number of hydrogen-bond acceptors (Lipinski definition) is 3. The van der Waals surface area contributed by atoms with E-state index >= 15 is 0 Å². The van der Waals surface area contributed by atoms with Crippen LogP contribution in [0.25, 0.3) is 0 Å². The Kier molecular flexibility index (Phi) is 12.4. The van der Waals surface area contributed by atoms with Crippen LogP contribution in [0.1, 0.15) is 110 Å². The number of carbonyl (C=O) groups is 1. The Morgan fingerprint density at radius 2 is 1.32 bits per heavy atom. The van der Waals surface area contributed by atoms with E-state index in [1.165, 1.54) is 96.6 Å². The van der Waals surface area contributed by atoms with Crippen LogP contribution in [-0.4, -0.2) is 12.1 Å². The van der Waals surface area contributed by atoms with Crippen molar-refractivity contribution in [3.8, 4) is 0 Å². The maximum atomic E-state index is 11.1. The largest absolute Gasteiger partial charge is 0.463 e. The van der Waals surface area contributed by atoms with Crippen LogP contribution >= 0.6 is 0 Å². The highest BCUT2D eigenvalue weighted by molar-refractivity contribution is 5.66. The number of rotatable bonds is 7. The van der Waals surface area contributed by atoms with Crippen molar-refractivity contribution in [3.05, 3.63) is 24.9 Å². The van der Waals surface area contributed by atoms with Crippen LogP contribution < -0.4 is 5.73 Å². The van der Waals surface area contributed by atoms with Gasteiger partial charge in [-0.25, -0.2) is 0 Å². The molecule has 0 atom stereocenters. The van der Waals surface area contributed by atoms with Gasteiger partial charge in [0.2, 0.25) is 0 Å². The van der Waals surface area contributed by atoms with E-state index in [4.69, 9.17) is 4.74 Å². The number of allylic oxidation sites excluding steroid dienone is 2. The van der Waals surface area contributed by atoms with Crippen molar-refractivity contribution in [3.63, 3.8) is 0 Å². The summed E-state index contributed by atoms with van der Waals surface area (Å²) in [6.45, 7) is 6.92. The monoisotopic (exact) mass is 431 g/mol. The van der Waals surface area contributed by atoms with Gasteiger partial charge in [0.05, 0.1) is 0 Å². The van der Waals surface area contributed by atoms with Gasteiger partial charge in [0.15, 0.2) is 0 Å². The van der Waals surface area contributed by atoms with Crippen molar-refractivity contribution in [2.75, 3.05) is 0 Å². The molecule has 2 N–H and O–H groups in total. The van der Waals surface area contributed by atoms with Gasteiger partial charge in [-0.1, -0.05) is 51.3 Å². The molecule has 3 heteroatoms. The molecule has 0 aromatic rings. The van der Waals surface area contributed by atoms with Crippen LogP contribution in [0.2, 0.25) is 0 Å². The summed E-state index contributed by atoms with van der Waals surface area (Å²) < 4.78 is 5.39. The van der Waals surface area contributed by atoms with Crippen molar-refractivity contribution in [2.45, 2.75) is 116 Å². The number of carbonyl (C=O) groups excluding carboxylic acids is 1. The average Bonchev–Trinajstić information content (AvgIpc) is 2.78. The third kappa shape index (κ3) is 9.83. The first-order valence-corrected chi connectivity index (χ1v) is 13.2. The van der Waals surface area contributed by atoms with Crippen LogP contribution in [0.4, 0.5) is 0 Å². The van der Waals surface area contributed by atoms with Crippen molar-refractivity contribution in [1.82, 2.24) is 0 Å². The third-order valence-corrected chi connectivity index (χ3v) is 8.13. The second-order valence-corrected chi connectivity index (χ2v) is 10.4. The summed E-state index contributed by atoms with van der Waals surface area (Å²) >= 11 is 0. The minimum atomic E-state index is -0.105. The normalized spacial score (nSPS) is 33.9. The molecule has 0 heterocycles. The van der Waals surface area contributed by atoms with Crippen LogP contribution in [0.3, 0.4) is 0 Å². The van der Waals surface area contributed by atoms with Gasteiger partial charge in [-0.2, -0.15) is 0 Å². The highest BCUT2D eigenvalue weighted by Crippen LogP contribution is 2.43. The molecule has 0 amide bonds. The quantitative estimate of drug-likeness (QED) is 0.334. The third-order valence-electron chi connectivity index (χ3n) is 8.13. The molecule has 0 saturated heterocycles. The second-order valence-electron chi connectivity index (χ2n) is 10.4. The Morgan fingerprint density at radius 3 is 1.77 bits per heavy atom. The topological polar surface area (TPSA) is 52.3 Å². The van der Waals surface area contributed by atoms with Crippen LogP contribution in [0.15, 0.2) is 24.9 Å². The Balaban J connectivity index is 0.00000107. The molecule has 3 rings (SSSR count). The minimum absolute atomic E-state index is 0.105. The molecular formula is C28H49NO2. The van der Waals surface area contributed by atoms with Gasteiger partial charge in [-0.15, -0.1) is 0 Å². The van der Waals surface area contributed by atoms with E-state index in [0.29, 0.717) is 0 Å². The molecule has 3 saturated carbocycles. The summed E-state index contributed by atoms with van der Waals surface area (Å²) in [5.74, 6) is 4.71. The van der Waals surface area contributed by atoms with Gasteiger partial charge in [-0.05, 0) is 106 Å². The molecular weight excluding hydrogens is 382 g/mol. The lowest BCUT2D eigenvalue weighted by Gasteiger charge is -2.38. The molecule has 0 aliphatic heterocycles. The summed E-state index contributed by atoms with van der Waals surface area (Å²) in [6.07, 6.45) is 26.9. The molecule has 3 aliphatic rings. The SMILES string of the molecule is C=CN.CC/C=C/C1CCC(C2CCC(CCC3CCC(OC(C)=O)CC3)CC2)CC1. The lowest BCUT2D eigenvalue weighted by molar-refractivity contribution is -0.148. The van der Waals surface area contributed by atoms with Crippen molar-refractivity contribution >= 4 is 5.97 Å². The predicted octanol–water partition coefficient (Wildman–Crippen LogP) is 7.56. The molecule has 0 aromatic heterocycles. The number of hydrogen-bond donors (Lipinski definition) is 1. The number of ether oxygens (including phenoxy) is 1. The van der Waals surface area contributed by atoms with E-state index in [1.807, 2.05) is 0 Å². The van der Waals surface area contributed by atoms with Crippen LogP contribution in [0.5, 0.6) is 0 Å². The predicted molar refractivity (Wildman–Crippen MR) is 131 cm³/mol. The van der Waals surface area contributed by atoms with Crippen LogP contribution in [-0.2, 0) is 9.53 Å². The van der Waals surface area contributed by atoms with E-state index in [0.717, 1.165) is 42.4 Å². The summed E-state index contributed by atoms with van der Waals surface area (Å²) in [5, 5.41) is 0. The number of nitrogens with two attached hydrogens (primary N) is 1. The fraction of sp³-hybridized carbons (Fsp3) is 0.821. The van der Waals surface area contributed by atoms with E-state index in [1.54, 1.807) is 0 Å². The van der Waals surface area contributed by atoms with Crippen molar-refractivity contribution in [2.24, 2.45) is 35.3 Å². The molecule has 0 bridgehead atoms. The summed E-state index contributed by atoms with van der Waals surface area (Å²) in [6, 6.07) is 0. The number of esters is 1. The van der Waals surface area contributed by atoms with Crippen LogP contribution in [0, 0.1) is 29.6 Å². The minimum Gasteiger partial charge on any atom is -0.463 e. The molecule has 0 radical (unpaired) electrons. The first-order chi connectivity index (χ1) is 15.0. The molecule has 31 heavy (non-hydrogen) atoms. The molecule has 3 fully saturated rings. The van der Waals surface area contributed by atoms with E-state index in [2.05, 4.69) is 31.4 Å². The average molecular weight is 432 g/mol. The van der Waals surface area contributed by atoms with Gasteiger partial charge < -0.3 is 10.5 Å². The van der Waals surface area contributed by atoms with Crippen molar-refractivity contribution in [1.29, 1.82) is 0 Å². The van der Waals surface area contributed by atoms with E-state index in [9.17, 15) is 4.79 Å². The zero-order chi connectivity index (χ0) is 22.5. The Labute approximate surface area is 192 Å². The first-order valence-electron chi connectivity index (χ1n) is 13.2. The van der Waals surface area contributed by atoms with E-state index < -0.39 is 0 Å². The summed E-state index contributed by atoms with van der Waals surface area (Å²) in [5.41, 5.74) is 4.61. The molecule has 3 aliphatic carbocycles. The molecule has 3 nitrogen and oxygen atoms in total. The standard InChI is InChI=1S/C26H44O2.C2H5N/c1-3-4-5-21-8-14-24(15-9-21)25-16-10-22(11-17-25)6-7-23-12-18-26(19-13-23)28-20(2)27;1-2-3/h4-5,21-26H,3,6-19H2,1-2H3;2H,1,3H2/b5-4+;. The van der Waals surface area contributed by atoms with Gasteiger partial charge in [0.1, 0.15) is 6.10 Å². The molecule has 178 valence electrons. The highest BCUT2D eigenvalue weighted by Gasteiger charge is 2.31. The fourth-order valence-corrected chi connectivity index (χ4v) is 6.33. The van der Waals surface area contributed by atoms with Gasteiger partial charge >= 0.3 is 5.97 Å². The maximum absolute atomic E-state index is 11.1. The smallest absolute Gasteiger partial charge is 0.302 e. The summed E-state index contributed by atoms with van der Waals surface area (Å²) in [4.78, 5) is 11.1.